The highest BCUT2D eigenvalue weighted by Gasteiger charge is 2.38. The van der Waals surface area contributed by atoms with Crippen LogP contribution in [0.3, 0.4) is 0 Å². The number of Topliss-reactive ketones (excluding diaryl/α,β-unsaturated/α-hetero) is 2. The minimum absolute atomic E-state index is 0.0507. The molecule has 0 saturated carbocycles. The molecule has 324 valence electrons. The number of hydrogen-bond donors (Lipinski definition) is 0. The Morgan fingerprint density at radius 1 is 0.418 bits per heavy atom. The number of hydrogen-bond acceptors (Lipinski definition) is 6. The van der Waals surface area contributed by atoms with Crippen molar-refractivity contribution >= 4 is 101 Å². The maximum Gasteiger partial charge on any atom is 0.231 e. The monoisotopic (exact) mass is 870 g/mol. The highest BCUT2D eigenvalue weighted by Crippen LogP contribution is 2.37. The summed E-state index contributed by atoms with van der Waals surface area (Å²) in [5, 5.41) is 18.7. The molecule has 0 spiro atoms. The van der Waals surface area contributed by atoms with Gasteiger partial charge >= 0.3 is 0 Å². The Balaban J connectivity index is 0.812. The van der Waals surface area contributed by atoms with Gasteiger partial charge in [-0.2, -0.15) is 0 Å². The summed E-state index contributed by atoms with van der Waals surface area (Å²) in [7, 11) is 0. The molecule has 0 amide bonds. The summed E-state index contributed by atoms with van der Waals surface area (Å²) in [6, 6.07) is 43.9. The van der Waals surface area contributed by atoms with Gasteiger partial charge in [-0.05, 0) is 195 Å². The van der Waals surface area contributed by atoms with E-state index in [0.717, 1.165) is 105 Å². The van der Waals surface area contributed by atoms with Crippen LogP contribution in [0.25, 0.3) is 88.9 Å². The van der Waals surface area contributed by atoms with Gasteiger partial charge in [0.15, 0.2) is 23.1 Å². The number of rotatable bonds is 6. The Labute approximate surface area is 386 Å². The fourth-order valence-electron chi connectivity index (χ4n) is 11.9. The van der Waals surface area contributed by atoms with E-state index in [0.29, 0.717) is 22.9 Å². The highest BCUT2D eigenvalue weighted by molar-refractivity contribution is 6.10. The van der Waals surface area contributed by atoms with E-state index < -0.39 is 11.8 Å². The second-order valence-electron chi connectivity index (χ2n) is 19.2. The molecule has 6 heteroatoms. The predicted octanol–water partition coefficient (Wildman–Crippen LogP) is 9.31. The average Bonchev–Trinajstić information content (AvgIpc) is 4.09. The molecule has 6 aliphatic rings. The van der Waals surface area contributed by atoms with Crippen molar-refractivity contribution in [2.75, 3.05) is 33.0 Å². The van der Waals surface area contributed by atoms with Gasteiger partial charge in [0.2, 0.25) is 6.79 Å². The lowest BCUT2D eigenvalue weighted by Crippen LogP contribution is -2.39. The third-order valence-electron chi connectivity index (χ3n) is 15.2. The minimum atomic E-state index is -0.423. The van der Waals surface area contributed by atoms with Gasteiger partial charge < -0.3 is 19.3 Å². The number of carbonyl (C=O) groups excluding carboxylic acids is 2. The fraction of sp³-hybridized carbons (Fsp3) is 0.180. The molecule has 2 heterocycles. The second-order valence-corrected chi connectivity index (χ2v) is 19.2. The van der Waals surface area contributed by atoms with Crippen molar-refractivity contribution in [2.45, 2.75) is 25.7 Å². The van der Waals surface area contributed by atoms with Gasteiger partial charge in [0.25, 0.3) is 0 Å². The zero-order chi connectivity index (χ0) is 44.3. The number of ether oxygens (including phenoxy) is 2. The number of benzene rings is 8. The van der Waals surface area contributed by atoms with Crippen LogP contribution in [0.5, 0.6) is 0 Å². The van der Waals surface area contributed by atoms with Crippen molar-refractivity contribution in [3.8, 4) is 0 Å². The van der Waals surface area contributed by atoms with Crippen molar-refractivity contribution in [2.24, 2.45) is 11.8 Å². The first-order valence-electron chi connectivity index (χ1n) is 23.9. The Kier molecular flexibility index (Phi) is 8.58. The minimum Gasteiger partial charge on any atom is -0.455 e. The van der Waals surface area contributed by atoms with Gasteiger partial charge in [-0.1, -0.05) is 84.9 Å². The SMILES string of the molecule is O=C1C(N2CCCC2)=C(OCOC2=C(N3CCCC3)C(=O)C3C=c4c(ccc5cc6cc7ccccc7cc6cc45)=CC3=C2)C=C2C=c3ccc4cc5cc6ccccc6cc5cc4c3=CC12. The van der Waals surface area contributed by atoms with Gasteiger partial charge in [-0.15, -0.1) is 0 Å². The molecule has 8 aromatic rings. The smallest absolute Gasteiger partial charge is 0.231 e. The third-order valence-corrected chi connectivity index (χ3v) is 15.2. The zero-order valence-electron chi connectivity index (χ0n) is 37.1. The number of carbonyl (C=O) groups is 2. The molecule has 14 rings (SSSR count). The summed E-state index contributed by atoms with van der Waals surface area (Å²) >= 11 is 0. The van der Waals surface area contributed by atoms with Crippen LogP contribution < -0.4 is 20.9 Å². The Hall–Kier alpha value is -7.70. The molecule has 67 heavy (non-hydrogen) atoms. The number of ketones is 2. The van der Waals surface area contributed by atoms with E-state index in [4.69, 9.17) is 9.47 Å². The van der Waals surface area contributed by atoms with Crippen LogP contribution in [0.2, 0.25) is 0 Å². The molecular formula is C61H46N2O4. The molecule has 4 aliphatic carbocycles. The quantitative estimate of drug-likeness (QED) is 0.123. The van der Waals surface area contributed by atoms with Crippen LogP contribution in [0.1, 0.15) is 25.7 Å². The summed E-state index contributed by atoms with van der Waals surface area (Å²) < 4.78 is 13.2. The summed E-state index contributed by atoms with van der Waals surface area (Å²) in [6.07, 6.45) is 16.9. The second kappa shape index (κ2) is 14.9. The standard InChI is InChI=1S/C61H46N2O4/c64-60-54-33-52-42(15-13-40-25-44-21-36-9-1-3-11-38(36)23-46(44)29-50(40)52)27-48(54)31-56(58(60)62-17-5-6-18-62)66-35-67-57-32-49-28-43-16-14-41-26-45-22-37-10-2-4-12-39(37)24-47(45)30-51(41)53(43)34-55(49)61(65)59(57)63-19-7-8-20-63/h1-4,9-16,21-34,54-55H,5-8,17-20,35H2. The van der Waals surface area contributed by atoms with Crippen LogP contribution in [-0.4, -0.2) is 54.3 Å². The van der Waals surface area contributed by atoms with Crippen LogP contribution in [-0.2, 0) is 19.1 Å². The summed E-state index contributed by atoms with van der Waals surface area (Å²) in [5.74, 6) is 0.310. The van der Waals surface area contributed by atoms with Crippen molar-refractivity contribution in [1.82, 2.24) is 9.80 Å². The molecular weight excluding hydrogens is 825 g/mol. The van der Waals surface area contributed by atoms with Crippen LogP contribution in [0, 0.1) is 11.8 Å². The fourth-order valence-corrected chi connectivity index (χ4v) is 11.9. The van der Waals surface area contributed by atoms with Gasteiger partial charge in [0, 0.05) is 26.2 Å². The maximum absolute atomic E-state index is 14.9. The Bertz CT molecular complexity index is 3710. The highest BCUT2D eigenvalue weighted by atomic mass is 16.7. The molecule has 0 radical (unpaired) electrons. The summed E-state index contributed by atoms with van der Waals surface area (Å²) in [5.41, 5.74) is 3.06. The molecule has 0 N–H and O–H groups in total. The molecule has 2 saturated heterocycles. The van der Waals surface area contributed by atoms with Crippen LogP contribution in [0.15, 0.2) is 168 Å². The number of fused-ring (bicyclic) bond motifs is 12. The Morgan fingerprint density at radius 2 is 0.791 bits per heavy atom. The molecule has 6 nitrogen and oxygen atoms in total. The van der Waals surface area contributed by atoms with E-state index in [1.54, 1.807) is 0 Å². The molecule has 2 unspecified atom stereocenters. The van der Waals surface area contributed by atoms with Crippen molar-refractivity contribution in [3.05, 3.63) is 188 Å². The largest absolute Gasteiger partial charge is 0.455 e. The van der Waals surface area contributed by atoms with E-state index in [1.165, 1.54) is 43.1 Å². The lowest BCUT2D eigenvalue weighted by Gasteiger charge is -2.32. The number of nitrogens with zero attached hydrogens (tertiary/aromatic N) is 2. The summed E-state index contributed by atoms with van der Waals surface area (Å²) in [6.45, 7) is 3.07. The lowest BCUT2D eigenvalue weighted by molar-refractivity contribution is -0.119. The molecule has 8 aromatic carbocycles. The van der Waals surface area contributed by atoms with Gasteiger partial charge in [-0.25, -0.2) is 0 Å². The van der Waals surface area contributed by atoms with E-state index in [1.807, 2.05) is 12.2 Å². The van der Waals surface area contributed by atoms with Crippen molar-refractivity contribution in [1.29, 1.82) is 0 Å². The first-order chi connectivity index (χ1) is 33.0. The predicted molar refractivity (Wildman–Crippen MR) is 270 cm³/mol. The van der Waals surface area contributed by atoms with Crippen LogP contribution in [0.4, 0.5) is 0 Å². The molecule has 2 fully saturated rings. The topological polar surface area (TPSA) is 59.1 Å². The van der Waals surface area contributed by atoms with E-state index in [-0.39, 0.29) is 18.4 Å². The number of likely N-dealkylation sites (tertiary alicyclic amines) is 2. The normalized spacial score (nSPS) is 20.1. The van der Waals surface area contributed by atoms with E-state index >= 15 is 0 Å². The number of allylic oxidation sites excluding steroid dienone is 6. The molecule has 2 atom stereocenters. The molecule has 2 aliphatic heterocycles. The zero-order valence-corrected chi connectivity index (χ0v) is 37.1. The van der Waals surface area contributed by atoms with Gasteiger partial charge in [-0.3, -0.25) is 9.59 Å². The lowest BCUT2D eigenvalue weighted by atomic mass is 9.82. The van der Waals surface area contributed by atoms with E-state index in [9.17, 15) is 9.59 Å². The van der Waals surface area contributed by atoms with E-state index in [2.05, 4.69) is 155 Å². The van der Waals surface area contributed by atoms with Crippen molar-refractivity contribution < 1.29 is 19.1 Å². The Morgan fingerprint density at radius 3 is 1.19 bits per heavy atom. The maximum atomic E-state index is 14.9. The summed E-state index contributed by atoms with van der Waals surface area (Å²) in [4.78, 5) is 34.1. The average molecular weight is 871 g/mol. The first kappa shape index (κ1) is 38.6. The van der Waals surface area contributed by atoms with Crippen molar-refractivity contribution in [3.63, 3.8) is 0 Å². The van der Waals surface area contributed by atoms with Crippen LogP contribution >= 0.6 is 0 Å². The first-order valence-corrected chi connectivity index (χ1v) is 23.9. The van der Waals surface area contributed by atoms with Gasteiger partial charge in [0.05, 0.1) is 11.8 Å². The molecule has 0 aromatic heterocycles. The molecule has 0 bridgehead atoms. The van der Waals surface area contributed by atoms with Gasteiger partial charge in [0.1, 0.15) is 11.4 Å². The third kappa shape index (κ3) is 6.22.